The summed E-state index contributed by atoms with van der Waals surface area (Å²) in [4.78, 5) is 13.4. The largest absolute Gasteiger partial charge is 0.454 e. The lowest BCUT2D eigenvalue weighted by molar-refractivity contribution is -0.125. The van der Waals surface area contributed by atoms with Crippen LogP contribution in [0, 0.1) is 5.92 Å². The molecule has 3 rings (SSSR count). The summed E-state index contributed by atoms with van der Waals surface area (Å²) in [6.45, 7) is 1.32. The molecule has 0 unspecified atom stereocenters. The van der Waals surface area contributed by atoms with E-state index in [9.17, 15) is 13.6 Å². The molecule has 2 aliphatic rings. The van der Waals surface area contributed by atoms with Crippen LogP contribution in [0.25, 0.3) is 0 Å². The molecular formula is C14H16F2N2O3. The third-order valence-corrected chi connectivity index (χ3v) is 3.64. The van der Waals surface area contributed by atoms with Crippen molar-refractivity contribution in [2.45, 2.75) is 13.0 Å². The van der Waals surface area contributed by atoms with Crippen LogP contribution in [0.5, 0.6) is 11.5 Å². The molecule has 21 heavy (non-hydrogen) atoms. The number of nitrogens with zero attached hydrogens (tertiary/aromatic N) is 1. The Bertz CT molecular complexity index is 533. The van der Waals surface area contributed by atoms with Crippen molar-refractivity contribution in [3.05, 3.63) is 23.8 Å². The number of halogens is 2. The summed E-state index contributed by atoms with van der Waals surface area (Å²) in [7, 11) is 0. The van der Waals surface area contributed by atoms with E-state index >= 15 is 0 Å². The molecule has 0 radical (unpaired) electrons. The van der Waals surface area contributed by atoms with Gasteiger partial charge < -0.3 is 14.8 Å². The van der Waals surface area contributed by atoms with Crippen LogP contribution in [0.3, 0.4) is 0 Å². The van der Waals surface area contributed by atoms with Crippen LogP contribution >= 0.6 is 0 Å². The van der Waals surface area contributed by atoms with Gasteiger partial charge in [-0.2, -0.15) is 0 Å². The highest BCUT2D eigenvalue weighted by Gasteiger charge is 2.34. The second-order valence-corrected chi connectivity index (χ2v) is 5.25. The van der Waals surface area contributed by atoms with Gasteiger partial charge in [-0.25, -0.2) is 8.78 Å². The van der Waals surface area contributed by atoms with Crippen LogP contribution in [-0.2, 0) is 11.3 Å². The highest BCUT2D eigenvalue weighted by atomic mass is 19.3. The fourth-order valence-electron chi connectivity index (χ4n) is 2.41. The Morgan fingerprint density at radius 1 is 1.33 bits per heavy atom. The van der Waals surface area contributed by atoms with E-state index in [2.05, 4.69) is 5.32 Å². The van der Waals surface area contributed by atoms with Crippen molar-refractivity contribution in [1.29, 1.82) is 0 Å². The number of rotatable bonds is 5. The van der Waals surface area contributed by atoms with E-state index in [1.807, 2.05) is 12.1 Å². The maximum atomic E-state index is 12.3. The van der Waals surface area contributed by atoms with Crippen molar-refractivity contribution < 1.29 is 23.0 Å². The van der Waals surface area contributed by atoms with Gasteiger partial charge in [-0.15, -0.1) is 0 Å². The molecule has 5 nitrogen and oxygen atoms in total. The van der Waals surface area contributed by atoms with Crippen molar-refractivity contribution >= 4 is 5.91 Å². The Morgan fingerprint density at radius 3 is 2.86 bits per heavy atom. The van der Waals surface area contributed by atoms with Crippen LogP contribution in [0.1, 0.15) is 5.56 Å². The number of benzene rings is 1. The van der Waals surface area contributed by atoms with E-state index in [4.69, 9.17) is 9.47 Å². The average molecular weight is 298 g/mol. The second-order valence-electron chi connectivity index (χ2n) is 5.25. The Labute approximate surface area is 120 Å². The number of amides is 1. The minimum Gasteiger partial charge on any atom is -0.454 e. The fourth-order valence-corrected chi connectivity index (χ4v) is 2.41. The highest BCUT2D eigenvalue weighted by molar-refractivity contribution is 5.78. The molecule has 114 valence electrons. The molecule has 1 aromatic rings. The lowest BCUT2D eigenvalue weighted by Crippen LogP contribution is -2.53. The quantitative estimate of drug-likeness (QED) is 0.888. The first kappa shape index (κ1) is 14.1. The molecule has 1 aromatic carbocycles. The molecule has 0 aromatic heterocycles. The first-order valence-corrected chi connectivity index (χ1v) is 6.77. The van der Waals surface area contributed by atoms with E-state index in [1.165, 1.54) is 0 Å². The number of ether oxygens (including phenoxy) is 2. The Hall–Kier alpha value is -1.89. The molecule has 1 saturated heterocycles. The Balaban J connectivity index is 1.42. The van der Waals surface area contributed by atoms with Crippen molar-refractivity contribution in [2.24, 2.45) is 5.92 Å². The lowest BCUT2D eigenvalue weighted by Gasteiger charge is -2.38. The molecule has 7 heteroatoms. The van der Waals surface area contributed by atoms with Crippen LogP contribution < -0.4 is 14.8 Å². The summed E-state index contributed by atoms with van der Waals surface area (Å²) in [5, 5.41) is 2.77. The molecule has 0 atom stereocenters. The van der Waals surface area contributed by atoms with E-state index in [-0.39, 0.29) is 32.3 Å². The van der Waals surface area contributed by atoms with E-state index in [0.717, 1.165) is 5.56 Å². The summed E-state index contributed by atoms with van der Waals surface area (Å²) >= 11 is 0. The molecule has 0 bridgehead atoms. The summed E-state index contributed by atoms with van der Waals surface area (Å²) in [6, 6.07) is 5.47. The zero-order valence-corrected chi connectivity index (χ0v) is 11.4. The predicted octanol–water partition coefficient (Wildman–Crippen LogP) is 1.23. The fraction of sp³-hybridized carbons (Fsp3) is 0.500. The molecule has 2 heterocycles. The third kappa shape index (κ3) is 3.24. The van der Waals surface area contributed by atoms with E-state index in [0.29, 0.717) is 18.0 Å². The number of hydrogen-bond acceptors (Lipinski definition) is 4. The maximum absolute atomic E-state index is 12.3. The molecule has 2 aliphatic heterocycles. The van der Waals surface area contributed by atoms with Crippen LogP contribution in [0.2, 0.25) is 0 Å². The average Bonchev–Trinajstić information content (AvgIpc) is 2.87. The number of nitrogens with one attached hydrogen (secondary N) is 1. The first-order valence-electron chi connectivity index (χ1n) is 6.77. The normalized spacial score (nSPS) is 17.9. The Kier molecular flexibility index (Phi) is 3.92. The van der Waals surface area contributed by atoms with Gasteiger partial charge in [-0.1, -0.05) is 6.07 Å². The zero-order chi connectivity index (χ0) is 14.8. The highest BCUT2D eigenvalue weighted by Crippen LogP contribution is 2.32. The van der Waals surface area contributed by atoms with Gasteiger partial charge in [0.1, 0.15) is 0 Å². The van der Waals surface area contributed by atoms with Crippen LogP contribution in [0.15, 0.2) is 18.2 Å². The first-order chi connectivity index (χ1) is 10.1. The molecule has 1 amide bonds. The van der Waals surface area contributed by atoms with Crippen molar-refractivity contribution in [3.63, 3.8) is 0 Å². The van der Waals surface area contributed by atoms with E-state index < -0.39 is 12.3 Å². The summed E-state index contributed by atoms with van der Waals surface area (Å²) < 4.78 is 35.1. The maximum Gasteiger partial charge on any atom is 0.243 e. The van der Waals surface area contributed by atoms with Crippen molar-refractivity contribution in [2.75, 3.05) is 26.4 Å². The molecule has 0 saturated carbocycles. The van der Waals surface area contributed by atoms with Gasteiger partial charge in [-0.3, -0.25) is 9.69 Å². The van der Waals surface area contributed by atoms with E-state index in [1.54, 1.807) is 11.0 Å². The topological polar surface area (TPSA) is 50.8 Å². The Morgan fingerprint density at radius 2 is 2.10 bits per heavy atom. The zero-order valence-electron chi connectivity index (χ0n) is 11.4. The number of hydrogen-bond donors (Lipinski definition) is 1. The van der Waals surface area contributed by atoms with Crippen molar-refractivity contribution in [1.82, 2.24) is 10.2 Å². The van der Waals surface area contributed by atoms with Gasteiger partial charge in [0.05, 0.1) is 6.54 Å². The summed E-state index contributed by atoms with van der Waals surface area (Å²) in [5.41, 5.74) is 0.904. The number of carbonyl (C=O) groups is 1. The van der Waals surface area contributed by atoms with Gasteiger partial charge in [0.15, 0.2) is 11.5 Å². The van der Waals surface area contributed by atoms with Crippen LogP contribution in [0.4, 0.5) is 8.78 Å². The minimum absolute atomic E-state index is 0.160. The number of likely N-dealkylation sites (tertiary alicyclic amines) is 1. The van der Waals surface area contributed by atoms with Gasteiger partial charge >= 0.3 is 0 Å². The summed E-state index contributed by atoms with van der Waals surface area (Å²) in [5.74, 6) is 0.611. The second kappa shape index (κ2) is 5.85. The smallest absolute Gasteiger partial charge is 0.243 e. The number of alkyl halides is 2. The lowest BCUT2D eigenvalue weighted by atomic mass is 10.0. The van der Waals surface area contributed by atoms with Gasteiger partial charge in [0.25, 0.3) is 0 Å². The number of fused-ring (bicyclic) bond motifs is 1. The standard InChI is InChI=1S/C14H16F2N2O3/c15-14(16)10-5-18(6-10)7-13(19)17-4-9-1-2-11-12(3-9)21-8-20-11/h1-3,10,14H,4-8H2,(H,17,19). The van der Waals surface area contributed by atoms with Crippen molar-refractivity contribution in [3.8, 4) is 11.5 Å². The number of carbonyl (C=O) groups excluding carboxylic acids is 1. The molecule has 1 fully saturated rings. The third-order valence-electron chi connectivity index (χ3n) is 3.64. The molecule has 0 spiro atoms. The minimum atomic E-state index is -2.29. The predicted molar refractivity (Wildman–Crippen MR) is 70.3 cm³/mol. The summed E-state index contributed by atoms with van der Waals surface area (Å²) in [6.07, 6.45) is -2.29. The van der Waals surface area contributed by atoms with Gasteiger partial charge in [-0.05, 0) is 17.7 Å². The molecular weight excluding hydrogens is 282 g/mol. The van der Waals surface area contributed by atoms with Gasteiger partial charge in [0.2, 0.25) is 19.1 Å². The molecule has 1 N–H and O–H groups in total. The van der Waals surface area contributed by atoms with Gasteiger partial charge in [0, 0.05) is 25.6 Å². The molecule has 0 aliphatic carbocycles. The van der Waals surface area contributed by atoms with Crippen LogP contribution in [-0.4, -0.2) is 43.7 Å². The SMILES string of the molecule is O=C(CN1CC(C(F)F)C1)NCc1ccc2c(c1)OCO2. The monoisotopic (exact) mass is 298 g/mol.